The Hall–Kier alpha value is -2.17. The summed E-state index contributed by atoms with van der Waals surface area (Å²) in [7, 11) is 0. The molecule has 0 saturated carbocycles. The highest BCUT2D eigenvalue weighted by atomic mass is 15.3. The van der Waals surface area contributed by atoms with E-state index < -0.39 is 0 Å². The molecule has 1 N–H and O–H groups in total. The molecule has 0 saturated heterocycles. The third-order valence-corrected chi connectivity index (χ3v) is 3.33. The summed E-state index contributed by atoms with van der Waals surface area (Å²) in [5.41, 5.74) is 3.31. The number of aromatic nitrogens is 5. The standard InChI is InChI=1S/C14H17N5/c1-9(2)13(19-7-15-16-8-19)14-17-11-5-4-10(3)6-12(11)18-14/h4-9,13H,1-3H3,(H,17,18)/t13-/m1/s1. The van der Waals surface area contributed by atoms with Crippen LogP contribution in [0, 0.1) is 12.8 Å². The van der Waals surface area contributed by atoms with Gasteiger partial charge in [0.05, 0.1) is 17.1 Å². The van der Waals surface area contributed by atoms with Gasteiger partial charge in [-0.05, 0) is 30.5 Å². The number of hydrogen-bond donors (Lipinski definition) is 1. The van der Waals surface area contributed by atoms with Crippen molar-refractivity contribution < 1.29 is 0 Å². The molecule has 0 aliphatic heterocycles. The van der Waals surface area contributed by atoms with E-state index in [0.29, 0.717) is 5.92 Å². The summed E-state index contributed by atoms with van der Waals surface area (Å²) in [5.74, 6) is 1.35. The van der Waals surface area contributed by atoms with Crippen molar-refractivity contribution in [3.8, 4) is 0 Å². The molecule has 19 heavy (non-hydrogen) atoms. The highest BCUT2D eigenvalue weighted by Crippen LogP contribution is 2.26. The largest absolute Gasteiger partial charge is 0.340 e. The van der Waals surface area contributed by atoms with E-state index in [-0.39, 0.29) is 6.04 Å². The van der Waals surface area contributed by atoms with Crippen LogP contribution in [0.25, 0.3) is 11.0 Å². The Labute approximate surface area is 111 Å². The summed E-state index contributed by atoms with van der Waals surface area (Å²) < 4.78 is 2.00. The van der Waals surface area contributed by atoms with Crippen LogP contribution in [0.3, 0.4) is 0 Å². The summed E-state index contributed by atoms with van der Waals surface area (Å²) in [6, 6.07) is 6.38. The van der Waals surface area contributed by atoms with Gasteiger partial charge in [-0.3, -0.25) is 0 Å². The highest BCUT2D eigenvalue weighted by Gasteiger charge is 2.21. The molecule has 2 aromatic heterocycles. The predicted octanol–water partition coefficient (Wildman–Crippen LogP) is 2.71. The van der Waals surface area contributed by atoms with Gasteiger partial charge in [0, 0.05) is 0 Å². The smallest absolute Gasteiger partial charge is 0.130 e. The van der Waals surface area contributed by atoms with Crippen molar-refractivity contribution in [2.45, 2.75) is 26.8 Å². The van der Waals surface area contributed by atoms with E-state index in [2.05, 4.69) is 48.1 Å². The van der Waals surface area contributed by atoms with Gasteiger partial charge in [0.1, 0.15) is 18.5 Å². The van der Waals surface area contributed by atoms with Gasteiger partial charge in [-0.2, -0.15) is 0 Å². The van der Waals surface area contributed by atoms with Crippen molar-refractivity contribution in [1.29, 1.82) is 0 Å². The second-order valence-corrected chi connectivity index (χ2v) is 5.24. The number of imidazole rings is 1. The van der Waals surface area contributed by atoms with Gasteiger partial charge >= 0.3 is 0 Å². The average Bonchev–Trinajstić information content (AvgIpc) is 2.97. The van der Waals surface area contributed by atoms with Crippen molar-refractivity contribution >= 4 is 11.0 Å². The number of fused-ring (bicyclic) bond motifs is 1. The minimum absolute atomic E-state index is 0.128. The van der Waals surface area contributed by atoms with Gasteiger partial charge in [0.25, 0.3) is 0 Å². The molecule has 0 unspecified atom stereocenters. The monoisotopic (exact) mass is 255 g/mol. The molecule has 0 fully saturated rings. The molecule has 5 heteroatoms. The van der Waals surface area contributed by atoms with Crippen molar-refractivity contribution in [2.24, 2.45) is 5.92 Å². The number of aromatic amines is 1. The number of benzene rings is 1. The van der Waals surface area contributed by atoms with E-state index in [1.54, 1.807) is 12.7 Å². The second kappa shape index (κ2) is 4.50. The Morgan fingerprint density at radius 2 is 1.89 bits per heavy atom. The predicted molar refractivity (Wildman–Crippen MR) is 73.8 cm³/mol. The minimum Gasteiger partial charge on any atom is -0.340 e. The van der Waals surface area contributed by atoms with Gasteiger partial charge in [-0.25, -0.2) is 4.98 Å². The fourth-order valence-corrected chi connectivity index (χ4v) is 2.44. The van der Waals surface area contributed by atoms with E-state index >= 15 is 0 Å². The number of H-pyrrole nitrogens is 1. The van der Waals surface area contributed by atoms with Crippen LogP contribution in [0.5, 0.6) is 0 Å². The molecule has 98 valence electrons. The Morgan fingerprint density at radius 3 is 2.58 bits per heavy atom. The summed E-state index contributed by atoms with van der Waals surface area (Å²) >= 11 is 0. The fraction of sp³-hybridized carbons (Fsp3) is 0.357. The van der Waals surface area contributed by atoms with Gasteiger partial charge in [0.15, 0.2) is 0 Å². The van der Waals surface area contributed by atoms with Crippen LogP contribution < -0.4 is 0 Å². The van der Waals surface area contributed by atoms with Crippen molar-refractivity contribution in [3.05, 3.63) is 42.2 Å². The first-order valence-corrected chi connectivity index (χ1v) is 6.45. The number of aryl methyl sites for hydroxylation is 1. The Balaban J connectivity index is 2.10. The highest BCUT2D eigenvalue weighted by molar-refractivity contribution is 5.75. The zero-order chi connectivity index (χ0) is 13.4. The third kappa shape index (κ3) is 2.12. The molecule has 0 radical (unpaired) electrons. The van der Waals surface area contributed by atoms with Gasteiger partial charge < -0.3 is 9.55 Å². The van der Waals surface area contributed by atoms with E-state index in [1.807, 2.05) is 10.6 Å². The van der Waals surface area contributed by atoms with Gasteiger partial charge in [-0.15, -0.1) is 10.2 Å². The first-order valence-electron chi connectivity index (χ1n) is 6.45. The molecule has 3 aromatic rings. The van der Waals surface area contributed by atoms with E-state index in [0.717, 1.165) is 16.9 Å². The maximum atomic E-state index is 4.70. The first kappa shape index (κ1) is 11.9. The summed E-state index contributed by atoms with van der Waals surface area (Å²) in [5, 5.41) is 7.78. The molecule has 1 atom stereocenters. The molecule has 3 rings (SSSR count). The van der Waals surface area contributed by atoms with E-state index in [9.17, 15) is 0 Å². The molecule has 2 heterocycles. The molecule has 0 aliphatic carbocycles. The van der Waals surface area contributed by atoms with Crippen molar-refractivity contribution in [1.82, 2.24) is 24.7 Å². The van der Waals surface area contributed by atoms with Gasteiger partial charge in [-0.1, -0.05) is 19.9 Å². The number of hydrogen-bond acceptors (Lipinski definition) is 3. The zero-order valence-corrected chi connectivity index (χ0v) is 11.3. The van der Waals surface area contributed by atoms with Crippen molar-refractivity contribution in [2.75, 3.05) is 0 Å². The van der Waals surface area contributed by atoms with Crippen LogP contribution in [-0.4, -0.2) is 24.7 Å². The zero-order valence-electron chi connectivity index (χ0n) is 11.3. The second-order valence-electron chi connectivity index (χ2n) is 5.24. The normalized spacial score (nSPS) is 13.3. The molecule has 0 bridgehead atoms. The topological polar surface area (TPSA) is 59.4 Å². The van der Waals surface area contributed by atoms with Crippen LogP contribution >= 0.6 is 0 Å². The number of nitrogens with one attached hydrogen (secondary N) is 1. The van der Waals surface area contributed by atoms with Gasteiger partial charge in [0.2, 0.25) is 0 Å². The van der Waals surface area contributed by atoms with Crippen molar-refractivity contribution in [3.63, 3.8) is 0 Å². The Morgan fingerprint density at radius 1 is 1.16 bits per heavy atom. The quantitative estimate of drug-likeness (QED) is 0.782. The van der Waals surface area contributed by atoms with E-state index in [4.69, 9.17) is 4.98 Å². The van der Waals surface area contributed by atoms with Crippen LogP contribution in [0.15, 0.2) is 30.9 Å². The molecular weight excluding hydrogens is 238 g/mol. The third-order valence-electron chi connectivity index (χ3n) is 3.33. The molecule has 0 spiro atoms. The lowest BCUT2D eigenvalue weighted by molar-refractivity contribution is 0.419. The summed E-state index contributed by atoms with van der Waals surface area (Å²) in [6.45, 7) is 6.42. The lowest BCUT2D eigenvalue weighted by Crippen LogP contribution is -2.16. The minimum atomic E-state index is 0.128. The van der Waals surface area contributed by atoms with Crippen LogP contribution in [0.4, 0.5) is 0 Å². The lowest BCUT2D eigenvalue weighted by Gasteiger charge is -2.19. The molecule has 1 aromatic carbocycles. The maximum absolute atomic E-state index is 4.70. The van der Waals surface area contributed by atoms with E-state index in [1.165, 1.54) is 5.56 Å². The van der Waals surface area contributed by atoms with Crippen LogP contribution in [0.1, 0.15) is 31.3 Å². The number of rotatable bonds is 3. The number of nitrogens with zero attached hydrogens (tertiary/aromatic N) is 4. The molecule has 5 nitrogen and oxygen atoms in total. The van der Waals surface area contributed by atoms with Crippen LogP contribution in [-0.2, 0) is 0 Å². The first-order chi connectivity index (χ1) is 9.15. The average molecular weight is 255 g/mol. The lowest BCUT2D eigenvalue weighted by atomic mass is 10.0. The fourth-order valence-electron chi connectivity index (χ4n) is 2.44. The maximum Gasteiger partial charge on any atom is 0.130 e. The summed E-state index contributed by atoms with van der Waals surface area (Å²) in [6.07, 6.45) is 3.48. The Kier molecular flexibility index (Phi) is 2.81. The Bertz CT molecular complexity index is 681. The molecular formula is C14H17N5. The molecule has 0 aliphatic rings. The molecule has 0 amide bonds. The SMILES string of the molecule is Cc1ccc2nc([C@@H](C(C)C)n3cnnc3)[nH]c2c1. The summed E-state index contributed by atoms with van der Waals surface area (Å²) in [4.78, 5) is 8.12. The van der Waals surface area contributed by atoms with Crippen LogP contribution in [0.2, 0.25) is 0 Å².